The van der Waals surface area contributed by atoms with Gasteiger partial charge in [-0.2, -0.15) is 26.3 Å². The fraction of sp³-hybridized carbons (Fsp3) is 0.267. The largest absolute Gasteiger partial charge is 0.416 e. The van der Waals surface area contributed by atoms with Gasteiger partial charge in [0.05, 0.1) is 16.8 Å². The number of aliphatic hydroxyl groups is 1. The second-order valence-corrected chi connectivity index (χ2v) is 5.00. The molecule has 1 atom stereocenters. The van der Waals surface area contributed by atoms with Crippen molar-refractivity contribution in [2.24, 2.45) is 0 Å². The van der Waals surface area contributed by atoms with Gasteiger partial charge < -0.3 is 5.11 Å². The maximum Gasteiger partial charge on any atom is 0.416 e. The zero-order valence-corrected chi connectivity index (χ0v) is 11.7. The van der Waals surface area contributed by atoms with Crippen molar-refractivity contribution in [3.8, 4) is 0 Å². The molecule has 8 heteroatoms. The predicted molar refractivity (Wildman–Crippen MR) is 69.5 cm³/mol. The quantitative estimate of drug-likeness (QED) is 0.819. The lowest BCUT2D eigenvalue weighted by atomic mass is 9.98. The van der Waals surface area contributed by atoms with Gasteiger partial charge in [-0.15, -0.1) is 0 Å². The minimum atomic E-state index is -4.96. The van der Waals surface area contributed by atoms with E-state index in [0.29, 0.717) is 17.7 Å². The average Bonchev–Trinajstić information content (AvgIpc) is 2.44. The summed E-state index contributed by atoms with van der Waals surface area (Å²) in [5, 5.41) is 10.1. The van der Waals surface area contributed by atoms with E-state index < -0.39 is 35.1 Å². The molecule has 1 N–H and O–H groups in total. The van der Waals surface area contributed by atoms with Gasteiger partial charge in [0.2, 0.25) is 0 Å². The number of hydrogen-bond acceptors (Lipinski definition) is 2. The second kappa shape index (κ2) is 5.84. The highest BCUT2D eigenvalue weighted by atomic mass is 19.4. The van der Waals surface area contributed by atoms with Crippen molar-refractivity contribution < 1.29 is 31.4 Å². The molecule has 0 amide bonds. The molecular weight excluding hydrogens is 324 g/mol. The van der Waals surface area contributed by atoms with Gasteiger partial charge in [0.25, 0.3) is 0 Å². The minimum absolute atomic E-state index is 0.0138. The molecule has 2 rings (SSSR count). The molecule has 0 bridgehead atoms. The SMILES string of the molecule is Cc1ccnc([C@@H](O)c2cc(C(F)(F)F)cc(C(F)(F)F)c2)c1. The minimum Gasteiger partial charge on any atom is -0.382 e. The summed E-state index contributed by atoms with van der Waals surface area (Å²) >= 11 is 0. The Hall–Kier alpha value is -2.09. The molecule has 0 saturated heterocycles. The zero-order chi connectivity index (χ0) is 17.4. The van der Waals surface area contributed by atoms with Gasteiger partial charge in [0.1, 0.15) is 6.10 Å². The average molecular weight is 335 g/mol. The van der Waals surface area contributed by atoms with E-state index in [-0.39, 0.29) is 11.8 Å². The van der Waals surface area contributed by atoms with E-state index in [1.807, 2.05) is 0 Å². The lowest BCUT2D eigenvalue weighted by molar-refractivity contribution is -0.143. The highest BCUT2D eigenvalue weighted by Gasteiger charge is 2.37. The number of hydrogen-bond donors (Lipinski definition) is 1. The van der Waals surface area contributed by atoms with Gasteiger partial charge in [-0.3, -0.25) is 4.98 Å². The summed E-state index contributed by atoms with van der Waals surface area (Å²) in [6.07, 6.45) is -10.3. The van der Waals surface area contributed by atoms with E-state index >= 15 is 0 Å². The van der Waals surface area contributed by atoms with Crippen LogP contribution in [-0.4, -0.2) is 10.1 Å². The van der Waals surface area contributed by atoms with E-state index in [1.165, 1.54) is 12.3 Å². The summed E-state index contributed by atoms with van der Waals surface area (Å²) in [5.74, 6) is 0. The topological polar surface area (TPSA) is 33.1 Å². The molecule has 2 nitrogen and oxygen atoms in total. The number of halogens is 6. The summed E-state index contributed by atoms with van der Waals surface area (Å²) < 4.78 is 76.8. The smallest absolute Gasteiger partial charge is 0.382 e. The van der Waals surface area contributed by atoms with Crippen LogP contribution in [0.25, 0.3) is 0 Å². The molecule has 0 radical (unpaired) electrons. The molecule has 0 unspecified atom stereocenters. The van der Waals surface area contributed by atoms with Crippen LogP contribution in [0.5, 0.6) is 0 Å². The van der Waals surface area contributed by atoms with Crippen LogP contribution in [0.3, 0.4) is 0 Å². The maximum absolute atomic E-state index is 12.8. The van der Waals surface area contributed by atoms with Crippen LogP contribution in [0.2, 0.25) is 0 Å². The first-order chi connectivity index (χ1) is 10.5. The molecular formula is C15H11F6NO. The number of aliphatic hydroxyl groups excluding tert-OH is 1. The first kappa shape index (κ1) is 17.3. The fourth-order valence-electron chi connectivity index (χ4n) is 2.02. The molecule has 2 aromatic rings. The molecule has 0 spiro atoms. The summed E-state index contributed by atoms with van der Waals surface area (Å²) in [7, 11) is 0. The monoisotopic (exact) mass is 335 g/mol. The van der Waals surface area contributed by atoms with Gasteiger partial charge in [-0.1, -0.05) is 0 Å². The number of aromatic nitrogens is 1. The molecule has 1 aromatic carbocycles. The Kier molecular flexibility index (Phi) is 4.39. The molecule has 23 heavy (non-hydrogen) atoms. The van der Waals surface area contributed by atoms with Crippen LogP contribution < -0.4 is 0 Å². The molecule has 0 aliphatic rings. The van der Waals surface area contributed by atoms with E-state index in [0.717, 1.165) is 0 Å². The number of pyridine rings is 1. The number of nitrogens with zero attached hydrogens (tertiary/aromatic N) is 1. The second-order valence-electron chi connectivity index (χ2n) is 5.00. The Labute approximate surface area is 127 Å². The lowest BCUT2D eigenvalue weighted by Gasteiger charge is -2.17. The van der Waals surface area contributed by atoms with Gasteiger partial charge in [-0.25, -0.2) is 0 Å². The van der Waals surface area contributed by atoms with Crippen molar-refractivity contribution in [1.82, 2.24) is 4.98 Å². The lowest BCUT2D eigenvalue weighted by Crippen LogP contribution is -2.13. The van der Waals surface area contributed by atoms with Crippen molar-refractivity contribution in [3.05, 3.63) is 64.5 Å². The summed E-state index contributed by atoms with van der Waals surface area (Å²) in [5.41, 5.74) is -2.84. The van der Waals surface area contributed by atoms with Crippen molar-refractivity contribution >= 4 is 0 Å². The normalized spacial score (nSPS) is 13.9. The van der Waals surface area contributed by atoms with Crippen LogP contribution in [0.1, 0.15) is 34.1 Å². The van der Waals surface area contributed by atoms with E-state index in [1.54, 1.807) is 13.0 Å². The van der Waals surface area contributed by atoms with E-state index in [9.17, 15) is 31.4 Å². The predicted octanol–water partition coefficient (Wildman–Crippen LogP) is 4.51. The number of benzene rings is 1. The highest BCUT2D eigenvalue weighted by molar-refractivity contribution is 5.37. The summed E-state index contributed by atoms with van der Waals surface area (Å²) in [4.78, 5) is 3.79. The van der Waals surface area contributed by atoms with Crippen LogP contribution in [0.15, 0.2) is 36.5 Å². The summed E-state index contributed by atoms with van der Waals surface area (Å²) in [6, 6.07) is 3.97. The third-order valence-corrected chi connectivity index (χ3v) is 3.14. The molecule has 124 valence electrons. The van der Waals surface area contributed by atoms with Crippen molar-refractivity contribution in [2.45, 2.75) is 25.4 Å². The van der Waals surface area contributed by atoms with E-state index in [4.69, 9.17) is 0 Å². The number of rotatable bonds is 2. The third kappa shape index (κ3) is 4.01. The van der Waals surface area contributed by atoms with Crippen LogP contribution in [0.4, 0.5) is 26.3 Å². The third-order valence-electron chi connectivity index (χ3n) is 3.14. The Bertz CT molecular complexity index is 676. The Morgan fingerprint density at radius 1 is 0.913 bits per heavy atom. The molecule has 0 aliphatic carbocycles. The molecule has 1 heterocycles. The van der Waals surface area contributed by atoms with Crippen LogP contribution in [0, 0.1) is 6.92 Å². The van der Waals surface area contributed by atoms with Gasteiger partial charge in [0.15, 0.2) is 0 Å². The number of alkyl halides is 6. The van der Waals surface area contributed by atoms with Crippen LogP contribution in [-0.2, 0) is 12.4 Å². The molecule has 0 aliphatic heterocycles. The Morgan fingerprint density at radius 3 is 1.87 bits per heavy atom. The number of aryl methyl sites for hydroxylation is 1. The van der Waals surface area contributed by atoms with Gasteiger partial charge >= 0.3 is 12.4 Å². The molecule has 0 saturated carbocycles. The van der Waals surface area contributed by atoms with Crippen molar-refractivity contribution in [1.29, 1.82) is 0 Å². The summed E-state index contributed by atoms with van der Waals surface area (Å²) in [6.45, 7) is 1.66. The zero-order valence-electron chi connectivity index (χ0n) is 11.7. The van der Waals surface area contributed by atoms with Crippen molar-refractivity contribution in [2.75, 3.05) is 0 Å². The standard InChI is InChI=1S/C15H11F6NO/c1-8-2-3-22-12(4-8)13(23)9-5-10(14(16,17)18)7-11(6-9)15(19,20)21/h2-7,13,23H,1H3/t13-/m0/s1. The van der Waals surface area contributed by atoms with Gasteiger partial charge in [-0.05, 0) is 48.4 Å². The Morgan fingerprint density at radius 2 is 1.43 bits per heavy atom. The first-order valence-electron chi connectivity index (χ1n) is 6.38. The van der Waals surface area contributed by atoms with Gasteiger partial charge in [0, 0.05) is 6.20 Å². The molecule has 1 aromatic heterocycles. The fourth-order valence-corrected chi connectivity index (χ4v) is 2.02. The van der Waals surface area contributed by atoms with Crippen molar-refractivity contribution in [3.63, 3.8) is 0 Å². The maximum atomic E-state index is 12.8. The first-order valence-corrected chi connectivity index (χ1v) is 6.38. The molecule has 0 fully saturated rings. The van der Waals surface area contributed by atoms with Crippen LogP contribution >= 0.6 is 0 Å². The highest BCUT2D eigenvalue weighted by Crippen LogP contribution is 2.38. The Balaban J connectivity index is 2.57. The van der Waals surface area contributed by atoms with E-state index in [2.05, 4.69) is 4.98 Å².